The topological polar surface area (TPSA) is 151 Å². The van der Waals surface area contributed by atoms with Gasteiger partial charge >= 0.3 is 12.1 Å². The molecule has 2 aromatic carbocycles. The Morgan fingerprint density at radius 2 is 1.70 bits per heavy atom. The number of hydrogen-bond donors (Lipinski definition) is 4. The number of urea groups is 2. The summed E-state index contributed by atoms with van der Waals surface area (Å²) in [5.74, 6) is 1.03. The molecule has 0 unspecified atom stereocenters. The Kier molecular flexibility index (Phi) is 12.5. The van der Waals surface area contributed by atoms with Gasteiger partial charge in [0.1, 0.15) is 5.75 Å². The molecule has 0 bridgehead atoms. The molecule has 0 saturated carbocycles. The Morgan fingerprint density at radius 3 is 2.43 bits per heavy atom. The monoisotopic (exact) mass is 655 g/mol. The second kappa shape index (κ2) is 16.6. The zero-order valence-corrected chi connectivity index (χ0v) is 28.2. The van der Waals surface area contributed by atoms with E-state index in [1.807, 2.05) is 27.7 Å². The number of benzene rings is 2. The Hall–Kier alpha value is -4.23. The summed E-state index contributed by atoms with van der Waals surface area (Å²) in [5.41, 5.74) is 1.29. The van der Waals surface area contributed by atoms with Gasteiger partial charge in [0, 0.05) is 56.1 Å². The van der Waals surface area contributed by atoms with E-state index in [-0.39, 0.29) is 68.1 Å². The zero-order valence-electron chi connectivity index (χ0n) is 28.2. The normalized spacial score (nSPS) is 20.8. The van der Waals surface area contributed by atoms with Crippen LogP contribution in [0, 0.1) is 5.92 Å². The third kappa shape index (κ3) is 9.88. The molecule has 2 aliphatic heterocycles. The first kappa shape index (κ1) is 35.6. The zero-order chi connectivity index (χ0) is 34.1. The molecule has 0 aromatic heterocycles. The Morgan fingerprint density at radius 1 is 1.00 bits per heavy atom. The summed E-state index contributed by atoms with van der Waals surface area (Å²) in [7, 11) is 1.70. The molecule has 4 N–H and O–H groups in total. The first-order chi connectivity index (χ1) is 22.4. The van der Waals surface area contributed by atoms with Crippen LogP contribution in [0.25, 0.3) is 0 Å². The van der Waals surface area contributed by atoms with Crippen molar-refractivity contribution in [1.82, 2.24) is 15.1 Å². The first-order valence-corrected chi connectivity index (χ1v) is 16.3. The number of hydrogen-bond acceptors (Lipinski definition) is 8. The molecule has 13 heteroatoms. The van der Waals surface area contributed by atoms with Crippen LogP contribution in [0.2, 0.25) is 0 Å². The minimum absolute atomic E-state index is 0.0653. The van der Waals surface area contributed by atoms with Gasteiger partial charge in [0.15, 0.2) is 11.5 Å². The Balaban J connectivity index is 1.56. The van der Waals surface area contributed by atoms with E-state index >= 15 is 0 Å². The highest BCUT2D eigenvalue weighted by Crippen LogP contribution is 2.34. The van der Waals surface area contributed by atoms with Gasteiger partial charge in [-0.25, -0.2) is 9.59 Å². The molecule has 0 spiro atoms. The van der Waals surface area contributed by atoms with Crippen molar-refractivity contribution >= 4 is 29.3 Å². The van der Waals surface area contributed by atoms with Crippen LogP contribution >= 0.6 is 0 Å². The predicted octanol–water partition coefficient (Wildman–Crippen LogP) is 4.90. The van der Waals surface area contributed by atoms with E-state index in [0.717, 1.165) is 19.3 Å². The minimum Gasteiger partial charge on any atom is -0.490 e. The maximum atomic E-state index is 14.3. The molecule has 47 heavy (non-hydrogen) atoms. The number of anilines is 2. The number of carbonyl (C=O) groups is 3. The van der Waals surface area contributed by atoms with E-state index in [1.165, 1.54) is 0 Å². The van der Waals surface area contributed by atoms with Crippen LogP contribution in [0.4, 0.5) is 21.0 Å². The molecule has 0 fully saturated rings. The van der Waals surface area contributed by atoms with Gasteiger partial charge in [-0.15, -0.1) is 0 Å². The van der Waals surface area contributed by atoms with Gasteiger partial charge in [-0.1, -0.05) is 6.92 Å². The van der Waals surface area contributed by atoms with Crippen LogP contribution in [-0.2, 0) is 4.74 Å². The van der Waals surface area contributed by atoms with Crippen LogP contribution in [0.1, 0.15) is 64.2 Å². The van der Waals surface area contributed by atoms with Crippen LogP contribution in [0.5, 0.6) is 17.2 Å². The standard InChI is InChI=1S/C34H49N5O8/c1-21(2)35-33(42)36-25-10-12-28-27(15-25)32(41)39(23(4)19-40)17-22(3)31(44-14-8-7-9-24(5)47-28)18-38(6)34(43)37-26-11-13-29-30(16-26)46-20-45-29/h10-13,15-16,21-24,31,40H,7-9,14,17-20H2,1-6H3,(H,37,43)(H2,35,36,42)/t22-,23-,24-,31+/m1/s1. The largest absolute Gasteiger partial charge is 0.490 e. The van der Waals surface area contributed by atoms with Crippen molar-refractivity contribution in [2.75, 3.05) is 50.8 Å². The van der Waals surface area contributed by atoms with Gasteiger partial charge in [0.25, 0.3) is 5.91 Å². The fourth-order valence-electron chi connectivity index (χ4n) is 5.44. The third-order valence-electron chi connectivity index (χ3n) is 8.15. The third-order valence-corrected chi connectivity index (χ3v) is 8.15. The van der Waals surface area contributed by atoms with E-state index in [4.69, 9.17) is 18.9 Å². The molecule has 258 valence electrons. The molecule has 2 aromatic rings. The predicted molar refractivity (Wildman–Crippen MR) is 178 cm³/mol. The SMILES string of the molecule is CC(C)NC(=O)Nc1ccc2c(c1)C(=O)N([C@H](C)CO)C[C@@H](C)[C@H](CN(C)C(=O)Nc1ccc3c(c1)OCO3)OCCCC[C@@H](C)O2. The summed E-state index contributed by atoms with van der Waals surface area (Å²) in [6.07, 6.45) is 1.78. The smallest absolute Gasteiger partial charge is 0.321 e. The maximum absolute atomic E-state index is 14.3. The Labute approximate surface area is 276 Å². The lowest BCUT2D eigenvalue weighted by Gasteiger charge is -2.35. The number of likely N-dealkylation sites (N-methyl/N-ethyl adjacent to an activating group) is 1. The van der Waals surface area contributed by atoms with Crippen molar-refractivity contribution in [2.24, 2.45) is 5.92 Å². The summed E-state index contributed by atoms with van der Waals surface area (Å²) in [4.78, 5) is 43.1. The average molecular weight is 656 g/mol. The highest BCUT2D eigenvalue weighted by Gasteiger charge is 2.31. The van der Waals surface area contributed by atoms with E-state index in [0.29, 0.717) is 35.2 Å². The number of rotatable bonds is 7. The molecule has 2 heterocycles. The molecular formula is C34H49N5O8. The van der Waals surface area contributed by atoms with Crippen molar-refractivity contribution in [3.63, 3.8) is 0 Å². The van der Waals surface area contributed by atoms with Gasteiger partial charge in [-0.3, -0.25) is 4.79 Å². The summed E-state index contributed by atoms with van der Waals surface area (Å²) in [5, 5.41) is 18.7. The number of ether oxygens (including phenoxy) is 4. The van der Waals surface area contributed by atoms with Gasteiger partial charge in [-0.05, 0) is 77.3 Å². The molecule has 0 radical (unpaired) electrons. The van der Waals surface area contributed by atoms with Gasteiger partial charge in [-0.2, -0.15) is 0 Å². The second-order valence-corrected chi connectivity index (χ2v) is 12.6. The average Bonchev–Trinajstić information content (AvgIpc) is 3.50. The lowest BCUT2D eigenvalue weighted by atomic mass is 10.0. The lowest BCUT2D eigenvalue weighted by molar-refractivity contribution is -0.0115. The lowest BCUT2D eigenvalue weighted by Crippen LogP contribution is -2.48. The minimum atomic E-state index is -0.531. The molecule has 0 saturated heterocycles. The number of nitrogens with zero attached hydrogens (tertiary/aromatic N) is 2. The molecule has 13 nitrogen and oxygen atoms in total. The summed E-state index contributed by atoms with van der Waals surface area (Å²) >= 11 is 0. The number of nitrogens with one attached hydrogen (secondary N) is 3. The number of carbonyl (C=O) groups excluding carboxylic acids is 3. The molecule has 5 amide bonds. The molecule has 4 rings (SSSR count). The van der Waals surface area contributed by atoms with Crippen molar-refractivity contribution < 1.29 is 38.4 Å². The summed E-state index contributed by atoms with van der Waals surface area (Å²) in [6, 6.07) is 8.93. The fraction of sp³-hybridized carbons (Fsp3) is 0.559. The van der Waals surface area contributed by atoms with E-state index < -0.39 is 12.1 Å². The van der Waals surface area contributed by atoms with Crippen LogP contribution < -0.4 is 30.2 Å². The number of aliphatic hydroxyl groups excluding tert-OH is 1. The Bertz CT molecular complexity index is 1390. The molecular weight excluding hydrogens is 606 g/mol. The second-order valence-electron chi connectivity index (χ2n) is 12.6. The maximum Gasteiger partial charge on any atom is 0.321 e. The van der Waals surface area contributed by atoms with Gasteiger partial charge < -0.3 is 49.8 Å². The number of fused-ring (bicyclic) bond motifs is 2. The number of amides is 5. The highest BCUT2D eigenvalue weighted by molar-refractivity contribution is 5.99. The molecule has 4 atom stereocenters. The fourth-order valence-corrected chi connectivity index (χ4v) is 5.44. The van der Waals surface area contributed by atoms with Crippen molar-refractivity contribution in [3.05, 3.63) is 42.0 Å². The number of aliphatic hydroxyl groups is 1. The quantitative estimate of drug-likeness (QED) is 0.329. The van der Waals surface area contributed by atoms with Crippen molar-refractivity contribution in [1.29, 1.82) is 0 Å². The van der Waals surface area contributed by atoms with Crippen LogP contribution in [0.3, 0.4) is 0 Å². The summed E-state index contributed by atoms with van der Waals surface area (Å²) < 4.78 is 23.4. The van der Waals surface area contributed by atoms with E-state index in [2.05, 4.69) is 16.0 Å². The summed E-state index contributed by atoms with van der Waals surface area (Å²) in [6.45, 7) is 10.3. The first-order valence-electron chi connectivity index (χ1n) is 16.3. The van der Waals surface area contributed by atoms with Crippen LogP contribution in [0.15, 0.2) is 36.4 Å². The molecule has 2 aliphatic rings. The van der Waals surface area contributed by atoms with Crippen LogP contribution in [-0.4, -0.2) is 97.3 Å². The van der Waals surface area contributed by atoms with Crippen molar-refractivity contribution in [3.8, 4) is 17.2 Å². The van der Waals surface area contributed by atoms with E-state index in [1.54, 1.807) is 60.2 Å². The van der Waals surface area contributed by atoms with Crippen molar-refractivity contribution in [2.45, 2.75) is 78.2 Å². The van der Waals surface area contributed by atoms with E-state index in [9.17, 15) is 19.5 Å². The van der Waals surface area contributed by atoms with Gasteiger partial charge in [0.2, 0.25) is 6.79 Å². The highest BCUT2D eigenvalue weighted by atomic mass is 16.7. The molecule has 0 aliphatic carbocycles. The van der Waals surface area contributed by atoms with Gasteiger partial charge in [0.05, 0.1) is 30.4 Å².